The van der Waals surface area contributed by atoms with Crippen molar-refractivity contribution in [3.8, 4) is 0 Å². The molecule has 1 saturated carbocycles. The van der Waals surface area contributed by atoms with Gasteiger partial charge in [-0.25, -0.2) is 4.98 Å². The zero-order valence-electron chi connectivity index (χ0n) is 12.7. The first-order valence-corrected chi connectivity index (χ1v) is 6.60. The molecule has 0 spiro atoms. The zero-order valence-corrected chi connectivity index (χ0v) is 12.7. The van der Waals surface area contributed by atoms with Gasteiger partial charge in [0.2, 0.25) is 11.8 Å². The van der Waals surface area contributed by atoms with E-state index in [1.807, 2.05) is 0 Å². The van der Waals surface area contributed by atoms with Crippen LogP contribution in [0.5, 0.6) is 0 Å². The summed E-state index contributed by atoms with van der Waals surface area (Å²) in [4.78, 5) is 19.1. The number of nitrogens with zero attached hydrogens (tertiary/aromatic N) is 3. The van der Waals surface area contributed by atoms with Crippen molar-refractivity contribution < 1.29 is 4.92 Å². The summed E-state index contributed by atoms with van der Waals surface area (Å²) in [5.74, 6) is 0.669. The molecule has 0 aliphatic heterocycles. The van der Waals surface area contributed by atoms with Gasteiger partial charge >= 0.3 is 5.69 Å². The average molecular weight is 279 g/mol. The highest BCUT2D eigenvalue weighted by Crippen LogP contribution is 2.63. The van der Waals surface area contributed by atoms with Gasteiger partial charge in [0.15, 0.2) is 0 Å². The molecule has 1 aliphatic rings. The molecule has 0 aromatic carbocycles. The van der Waals surface area contributed by atoms with E-state index in [0.717, 1.165) is 0 Å². The number of hydrogen-bond acceptors (Lipinski definition) is 6. The van der Waals surface area contributed by atoms with Crippen LogP contribution in [-0.4, -0.2) is 28.0 Å². The molecule has 1 aromatic rings. The zero-order chi connectivity index (χ0) is 15.3. The Morgan fingerprint density at radius 3 is 2.15 bits per heavy atom. The molecule has 110 valence electrons. The van der Waals surface area contributed by atoms with Crippen LogP contribution in [0.15, 0.2) is 0 Å². The molecule has 1 fully saturated rings. The monoisotopic (exact) mass is 279 g/mol. The lowest BCUT2D eigenvalue weighted by molar-refractivity contribution is -0.385. The molecule has 2 rings (SSSR count). The Balaban J connectivity index is 2.41. The van der Waals surface area contributed by atoms with Gasteiger partial charge in [-0.05, 0) is 17.8 Å². The van der Waals surface area contributed by atoms with Gasteiger partial charge in [-0.2, -0.15) is 4.98 Å². The van der Waals surface area contributed by atoms with Crippen molar-refractivity contribution in [1.29, 1.82) is 0 Å². The number of nitro groups is 1. The number of anilines is 2. The van der Waals surface area contributed by atoms with E-state index >= 15 is 0 Å². The van der Waals surface area contributed by atoms with Crippen LogP contribution in [0.4, 0.5) is 17.5 Å². The van der Waals surface area contributed by atoms with E-state index in [2.05, 4.69) is 48.3 Å². The molecule has 0 amide bonds. The maximum atomic E-state index is 11.2. The van der Waals surface area contributed by atoms with Gasteiger partial charge in [0, 0.05) is 13.1 Å². The molecule has 7 heteroatoms. The van der Waals surface area contributed by atoms with Crippen molar-refractivity contribution in [2.45, 2.75) is 40.7 Å². The minimum absolute atomic E-state index is 0.0532. The fourth-order valence-corrected chi connectivity index (χ4v) is 2.69. The summed E-state index contributed by atoms with van der Waals surface area (Å²) in [6.07, 6.45) is 0. The first-order chi connectivity index (χ1) is 9.12. The minimum Gasteiger partial charge on any atom is -0.360 e. The third-order valence-electron chi connectivity index (χ3n) is 4.77. The third-order valence-corrected chi connectivity index (χ3v) is 4.77. The summed E-state index contributed by atoms with van der Waals surface area (Å²) in [6, 6.07) is 0.146. The number of aryl methyl sites for hydroxylation is 1. The highest BCUT2D eigenvalue weighted by molar-refractivity contribution is 5.62. The van der Waals surface area contributed by atoms with E-state index in [4.69, 9.17) is 0 Å². The Morgan fingerprint density at radius 1 is 1.20 bits per heavy atom. The van der Waals surface area contributed by atoms with Crippen LogP contribution in [0.3, 0.4) is 0 Å². The molecule has 0 unspecified atom stereocenters. The number of nitrogens with one attached hydrogen (secondary N) is 2. The van der Waals surface area contributed by atoms with Crippen LogP contribution in [-0.2, 0) is 0 Å². The number of rotatable bonds is 4. The number of hydrogen-bond donors (Lipinski definition) is 2. The smallest absolute Gasteiger partial charge is 0.332 e. The molecule has 1 heterocycles. The molecular weight excluding hydrogens is 258 g/mol. The molecule has 0 atom stereocenters. The summed E-state index contributed by atoms with van der Waals surface area (Å²) < 4.78 is 0. The fourth-order valence-electron chi connectivity index (χ4n) is 2.69. The molecular formula is C13H21N5O2. The summed E-state index contributed by atoms with van der Waals surface area (Å²) in [7, 11) is 1.69. The lowest BCUT2D eigenvalue weighted by Crippen LogP contribution is -2.15. The second-order valence-electron chi connectivity index (χ2n) is 6.36. The van der Waals surface area contributed by atoms with Crippen LogP contribution >= 0.6 is 0 Å². The van der Waals surface area contributed by atoms with Crippen LogP contribution in [0.1, 0.15) is 33.4 Å². The highest BCUT2D eigenvalue weighted by Gasteiger charge is 2.65. The van der Waals surface area contributed by atoms with Crippen molar-refractivity contribution in [3.05, 3.63) is 15.8 Å². The first kappa shape index (κ1) is 14.5. The second kappa shape index (κ2) is 4.29. The van der Waals surface area contributed by atoms with E-state index < -0.39 is 4.92 Å². The molecule has 0 bridgehead atoms. The SMILES string of the molecule is CNc1nc(C)c([N+](=O)[O-])c(NC2C(C)(C)C2(C)C)n1. The van der Waals surface area contributed by atoms with E-state index in [9.17, 15) is 10.1 Å². The van der Waals surface area contributed by atoms with Crippen molar-refractivity contribution >= 4 is 17.5 Å². The summed E-state index contributed by atoms with van der Waals surface area (Å²) >= 11 is 0. The lowest BCUT2D eigenvalue weighted by Gasteiger charge is -2.10. The quantitative estimate of drug-likeness (QED) is 0.650. The van der Waals surface area contributed by atoms with Gasteiger partial charge in [-0.1, -0.05) is 27.7 Å². The van der Waals surface area contributed by atoms with Gasteiger partial charge in [-0.3, -0.25) is 10.1 Å². The third kappa shape index (κ3) is 1.97. The normalized spacial score (nSPS) is 19.5. The number of aromatic nitrogens is 2. The van der Waals surface area contributed by atoms with E-state index in [-0.39, 0.29) is 28.4 Å². The lowest BCUT2D eigenvalue weighted by atomic mass is 10.0. The van der Waals surface area contributed by atoms with Crippen LogP contribution in [0, 0.1) is 27.9 Å². The predicted molar refractivity (Wildman–Crippen MR) is 77.9 cm³/mol. The predicted octanol–water partition coefficient (Wildman–Crippen LogP) is 2.58. The van der Waals surface area contributed by atoms with Crippen molar-refractivity contribution in [3.63, 3.8) is 0 Å². The van der Waals surface area contributed by atoms with Gasteiger partial charge < -0.3 is 10.6 Å². The molecule has 0 radical (unpaired) electrons. The van der Waals surface area contributed by atoms with E-state index in [1.54, 1.807) is 14.0 Å². The minimum atomic E-state index is -0.431. The first-order valence-electron chi connectivity index (χ1n) is 6.60. The van der Waals surface area contributed by atoms with Crippen LogP contribution < -0.4 is 10.6 Å². The molecule has 20 heavy (non-hydrogen) atoms. The van der Waals surface area contributed by atoms with Gasteiger partial charge in [0.05, 0.1) is 4.92 Å². The summed E-state index contributed by atoms with van der Waals surface area (Å²) in [5.41, 5.74) is 0.439. The summed E-state index contributed by atoms with van der Waals surface area (Å²) in [5, 5.41) is 17.3. The van der Waals surface area contributed by atoms with E-state index in [1.165, 1.54) is 0 Å². The van der Waals surface area contributed by atoms with Crippen molar-refractivity contribution in [2.75, 3.05) is 17.7 Å². The maximum absolute atomic E-state index is 11.2. The molecule has 1 aliphatic carbocycles. The Morgan fingerprint density at radius 2 is 1.75 bits per heavy atom. The summed E-state index contributed by atoms with van der Waals surface area (Å²) in [6.45, 7) is 10.2. The van der Waals surface area contributed by atoms with Crippen molar-refractivity contribution in [2.24, 2.45) is 10.8 Å². The standard InChI is InChI=1S/C13H21N5O2/c1-7-8(18(19)20)9(17-11(14-6)15-7)16-10-12(2,3)13(10,4)5/h10H,1-6H3,(H2,14,15,16,17). The molecule has 1 aromatic heterocycles. The van der Waals surface area contributed by atoms with Crippen molar-refractivity contribution in [1.82, 2.24) is 9.97 Å². The van der Waals surface area contributed by atoms with Crippen LogP contribution in [0.25, 0.3) is 0 Å². The Labute approximate surface area is 118 Å². The molecule has 0 saturated heterocycles. The van der Waals surface area contributed by atoms with Gasteiger partial charge in [0.25, 0.3) is 0 Å². The Bertz CT molecular complexity index is 554. The Kier molecular flexibility index (Phi) is 3.11. The van der Waals surface area contributed by atoms with Gasteiger partial charge in [-0.15, -0.1) is 0 Å². The van der Waals surface area contributed by atoms with E-state index in [0.29, 0.717) is 11.6 Å². The molecule has 7 nitrogen and oxygen atoms in total. The average Bonchev–Trinajstić information content (AvgIpc) is 2.70. The largest absolute Gasteiger partial charge is 0.360 e. The highest BCUT2D eigenvalue weighted by atomic mass is 16.6. The molecule has 2 N–H and O–H groups in total. The topological polar surface area (TPSA) is 93.0 Å². The van der Waals surface area contributed by atoms with Gasteiger partial charge in [0.1, 0.15) is 5.69 Å². The second-order valence-corrected chi connectivity index (χ2v) is 6.36. The fraction of sp³-hybridized carbons (Fsp3) is 0.692. The maximum Gasteiger partial charge on any atom is 0.332 e. The van der Waals surface area contributed by atoms with Crippen LogP contribution in [0.2, 0.25) is 0 Å². The Hall–Kier alpha value is -1.92.